The number of nitrogens with zero attached hydrogens (tertiary/aromatic N) is 2. The summed E-state index contributed by atoms with van der Waals surface area (Å²) in [7, 11) is -6.34. The van der Waals surface area contributed by atoms with Gasteiger partial charge in [-0.25, -0.2) is 0 Å². The second-order valence-electron chi connectivity index (χ2n) is 28.7. The predicted octanol–water partition coefficient (Wildman–Crippen LogP) is 12.9. The largest absolute Gasteiger partial charge is 0.458 e. The van der Waals surface area contributed by atoms with Gasteiger partial charge in [0.1, 0.15) is 23.0 Å². The molecule has 0 aliphatic carbocycles. The first kappa shape index (κ1) is 59.9. The van der Waals surface area contributed by atoms with Gasteiger partial charge >= 0.3 is 0 Å². The fourth-order valence-corrected chi connectivity index (χ4v) is 29.4. The Morgan fingerprint density at radius 2 is 0.514 bits per heavy atom. The lowest BCUT2D eigenvalue weighted by atomic mass is 9.25. The summed E-state index contributed by atoms with van der Waals surface area (Å²) in [5.74, 6) is 3.56. The first-order valence-electron chi connectivity index (χ1n) is 36.6. The molecule has 16 aromatic carbocycles. The number of hydrogen-bond acceptors (Lipinski definition) is 2. The van der Waals surface area contributed by atoms with Gasteiger partial charge in [-0.2, -0.15) is 0 Å². The number of para-hydroxylation sites is 4. The third-order valence-corrected chi connectivity index (χ3v) is 33.4. The van der Waals surface area contributed by atoms with Crippen LogP contribution in [0, 0.1) is 0 Å². The fourth-order valence-electron chi connectivity index (χ4n) is 19.9. The van der Waals surface area contributed by atoms with Gasteiger partial charge in [0.25, 0.3) is 13.4 Å². The molecule has 4 aliphatic rings. The minimum Gasteiger partial charge on any atom is -0.458 e. The summed E-state index contributed by atoms with van der Waals surface area (Å²) in [6.45, 7) is -0.250. The molecule has 0 radical (unpaired) electrons. The van der Waals surface area contributed by atoms with E-state index in [1.165, 1.54) is 140 Å². The molecule has 0 amide bonds. The highest BCUT2D eigenvalue weighted by molar-refractivity contribution is 7.20. The summed E-state index contributed by atoms with van der Waals surface area (Å²) >= 11 is 0. The van der Waals surface area contributed by atoms with Crippen molar-refractivity contribution in [2.75, 3.05) is 0 Å². The van der Waals surface area contributed by atoms with Crippen molar-refractivity contribution in [3.05, 3.63) is 411 Å². The first-order valence-corrected chi connectivity index (χ1v) is 40.6. The number of hydrogen-bond donors (Lipinski definition) is 0. The minimum atomic E-state index is -3.17. The topological polar surface area (TPSA) is 28.3 Å². The van der Waals surface area contributed by atoms with Crippen LogP contribution >= 0.6 is 0 Å². The maximum absolute atomic E-state index is 7.68. The zero-order chi connectivity index (χ0) is 69.0. The molecule has 1 spiro atoms. The van der Waals surface area contributed by atoms with Gasteiger partial charge in [0.05, 0.1) is 27.5 Å². The van der Waals surface area contributed by atoms with E-state index in [0.29, 0.717) is 0 Å². The van der Waals surface area contributed by atoms with E-state index in [1.54, 1.807) is 0 Å². The van der Waals surface area contributed by atoms with Crippen molar-refractivity contribution < 1.29 is 9.47 Å². The highest BCUT2D eigenvalue weighted by atomic mass is 28.3. The molecule has 6 heterocycles. The summed E-state index contributed by atoms with van der Waals surface area (Å²) in [5, 5.41) is 15.3. The van der Waals surface area contributed by atoms with Crippen LogP contribution in [0.2, 0.25) is 0 Å². The molecule has 22 rings (SSSR count). The lowest BCUT2D eigenvalue weighted by molar-refractivity contribution is 0.484. The molecule has 0 saturated carbocycles. The molecule has 105 heavy (non-hydrogen) atoms. The maximum atomic E-state index is 7.68. The summed E-state index contributed by atoms with van der Waals surface area (Å²) in [6.07, 6.45) is 0. The van der Waals surface area contributed by atoms with E-state index in [1.807, 2.05) is 0 Å². The van der Waals surface area contributed by atoms with Crippen LogP contribution in [-0.2, 0) is 5.41 Å². The van der Waals surface area contributed by atoms with Crippen LogP contribution in [0.4, 0.5) is 0 Å². The number of aromatic nitrogens is 2. The van der Waals surface area contributed by atoms with E-state index in [9.17, 15) is 0 Å². The van der Waals surface area contributed by atoms with E-state index in [-0.39, 0.29) is 13.4 Å². The number of ether oxygens (including phenoxy) is 2. The van der Waals surface area contributed by atoms with E-state index in [0.717, 1.165) is 34.4 Å². The van der Waals surface area contributed by atoms with Crippen molar-refractivity contribution in [2.45, 2.75) is 5.41 Å². The molecule has 0 fully saturated rings. The Labute approximate surface area is 612 Å². The molecule has 2 aromatic heterocycles. The summed E-state index contributed by atoms with van der Waals surface area (Å²) in [5.41, 5.74) is 18.6. The molecule has 0 bridgehead atoms. The average molecular weight is 1370 g/mol. The van der Waals surface area contributed by atoms with Gasteiger partial charge in [0, 0.05) is 32.9 Å². The number of benzene rings is 16. The Balaban J connectivity index is 0.706. The maximum Gasteiger partial charge on any atom is 0.251 e. The summed E-state index contributed by atoms with van der Waals surface area (Å²) < 4.78 is 20.3. The van der Waals surface area contributed by atoms with E-state index in [4.69, 9.17) is 9.47 Å². The van der Waals surface area contributed by atoms with Gasteiger partial charge in [-0.3, -0.25) is 0 Å². The second-order valence-corrected chi connectivity index (χ2v) is 36.4. The third kappa shape index (κ3) is 8.35. The van der Waals surface area contributed by atoms with Gasteiger partial charge in [-0.1, -0.05) is 326 Å². The third-order valence-electron chi connectivity index (χ3n) is 23.9. The molecule has 8 heteroatoms. The summed E-state index contributed by atoms with van der Waals surface area (Å²) in [6, 6.07) is 146. The molecule has 0 unspecified atom stereocenters. The van der Waals surface area contributed by atoms with Gasteiger partial charge in [-0.15, -0.1) is 0 Å². The van der Waals surface area contributed by atoms with Gasteiger partial charge in [0.15, 0.2) is 16.1 Å². The second kappa shape index (κ2) is 23.1. The monoisotopic (exact) mass is 1370 g/mol. The van der Waals surface area contributed by atoms with Gasteiger partial charge in [-0.05, 0) is 158 Å². The van der Waals surface area contributed by atoms with Gasteiger partial charge in [0.2, 0.25) is 0 Å². The molecule has 0 N–H and O–H groups in total. The normalized spacial score (nSPS) is 13.5. The smallest absolute Gasteiger partial charge is 0.251 e. The lowest BCUT2D eigenvalue weighted by Crippen LogP contribution is -2.75. The molecule has 4 aliphatic heterocycles. The van der Waals surface area contributed by atoms with Crippen molar-refractivity contribution in [3.63, 3.8) is 0 Å². The Bertz CT molecular complexity index is 6010. The molecular weight excluding hydrogens is 1300 g/mol. The van der Waals surface area contributed by atoms with Gasteiger partial charge < -0.3 is 18.6 Å². The van der Waals surface area contributed by atoms with Crippen molar-refractivity contribution in [3.8, 4) is 34.4 Å². The van der Waals surface area contributed by atoms with E-state index >= 15 is 0 Å². The number of rotatable bonds is 10. The van der Waals surface area contributed by atoms with Crippen molar-refractivity contribution in [1.29, 1.82) is 0 Å². The van der Waals surface area contributed by atoms with Crippen molar-refractivity contribution in [2.24, 2.45) is 0 Å². The zero-order valence-electron chi connectivity index (χ0n) is 57.3. The van der Waals surface area contributed by atoms with Crippen LogP contribution < -0.4 is 83.7 Å². The van der Waals surface area contributed by atoms with Crippen LogP contribution in [0.5, 0.6) is 23.0 Å². The Kier molecular flexibility index (Phi) is 13.2. The van der Waals surface area contributed by atoms with E-state index < -0.39 is 21.6 Å². The quantitative estimate of drug-likeness (QED) is 0.101. The lowest BCUT2D eigenvalue weighted by Gasteiger charge is -2.51. The average Bonchev–Trinajstić information content (AvgIpc) is 1.48. The Hall–Kier alpha value is -12.7. The highest BCUT2D eigenvalue weighted by Gasteiger charge is 2.57. The van der Waals surface area contributed by atoms with Crippen LogP contribution in [0.1, 0.15) is 22.3 Å². The first-order chi connectivity index (χ1) is 52.1. The molecule has 18 aromatic rings. The highest BCUT2D eigenvalue weighted by Crippen LogP contribution is 2.50. The van der Waals surface area contributed by atoms with Crippen LogP contribution in [0.3, 0.4) is 0 Å². The number of fused-ring (bicyclic) bond motifs is 18. The molecular formula is C97H64B2N2O2Si2. The van der Waals surface area contributed by atoms with Crippen molar-refractivity contribution in [1.82, 2.24) is 9.13 Å². The predicted molar refractivity (Wildman–Crippen MR) is 443 cm³/mol. The zero-order valence-corrected chi connectivity index (χ0v) is 59.3. The van der Waals surface area contributed by atoms with Crippen LogP contribution in [0.25, 0.3) is 55.0 Å². The Morgan fingerprint density at radius 3 is 0.886 bits per heavy atom. The SMILES string of the molecule is c1ccc([Si](c2ccccc2)(c2cccc(-n3c4ccccc4c4ccccc43)c2)c2ccc3c(c2)Oc2cccc4c2B3c2ccccc2C42c3ccccc3B3c4ccc([Si](c5ccccc5)(c5ccccc5)c5cccc(-n6c7ccccc7c7ccccc76)c5)cc4Oc4cccc2c43)cc1. The molecule has 0 saturated heterocycles. The van der Waals surface area contributed by atoms with Crippen molar-refractivity contribution >= 4 is 147 Å². The molecule has 488 valence electrons. The molecule has 0 atom stereocenters. The minimum absolute atomic E-state index is 0.125. The molecule has 4 nitrogen and oxygen atoms in total. The van der Waals surface area contributed by atoms with Crippen LogP contribution in [-0.4, -0.2) is 38.7 Å². The van der Waals surface area contributed by atoms with Crippen LogP contribution in [0.15, 0.2) is 388 Å². The van der Waals surface area contributed by atoms with E-state index in [2.05, 4.69) is 397 Å². The Morgan fingerprint density at radius 1 is 0.219 bits per heavy atom. The summed E-state index contributed by atoms with van der Waals surface area (Å²) in [4.78, 5) is 0. The standard InChI is InChI=1S/C97H64B2N2O2Si2/c1-5-31-67(32-6-1)104(68-33-7-2-8-34-68,71-39-25-29-65(61-71)100-87-51-21-13-41-75(87)76-42-14-22-52-88(76)100)73-57-59-85-93(63-73)102-91-55-27-47-81-95(91)98(85)83-49-19-17-45-79(83)97(81)80-46-18-20-50-84(80)99-86-60-58-74(64-94(86)103-92-56-28-48-82(97)96(92)99)105(69-35-9-3-10-36-69,70-37-11-4-12-38-70)72-40-26-30-66(62-72)101-89-53-23-15-43-77(89)78-44-16-24-54-90(78)101/h1-64H. The fraction of sp³-hybridized carbons (Fsp3) is 0.0103.